The average Bonchev–Trinajstić information content (AvgIpc) is 2.93. The van der Waals surface area contributed by atoms with Gasteiger partial charge in [0, 0.05) is 17.6 Å². The minimum atomic E-state index is -0.118. The zero-order valence-corrected chi connectivity index (χ0v) is 23.9. The summed E-state index contributed by atoms with van der Waals surface area (Å²) in [5.41, 5.74) is 7.67. The molecule has 0 bridgehead atoms. The van der Waals surface area contributed by atoms with Gasteiger partial charge in [-0.05, 0) is 88.5 Å². The lowest BCUT2D eigenvalue weighted by atomic mass is 9.90. The average molecular weight is 544 g/mol. The van der Waals surface area contributed by atoms with E-state index in [1.807, 2.05) is 73.6 Å². The van der Waals surface area contributed by atoms with E-state index < -0.39 is 0 Å². The number of hydrogen-bond donors (Lipinski definition) is 4. The van der Waals surface area contributed by atoms with Crippen molar-refractivity contribution in [2.24, 2.45) is 5.92 Å². The van der Waals surface area contributed by atoms with E-state index >= 15 is 0 Å². The van der Waals surface area contributed by atoms with Gasteiger partial charge in [0.2, 0.25) is 5.91 Å². The first-order chi connectivity index (χ1) is 19.2. The van der Waals surface area contributed by atoms with Gasteiger partial charge < -0.3 is 21.1 Å². The van der Waals surface area contributed by atoms with Gasteiger partial charge in [-0.3, -0.25) is 15.1 Å². The molecule has 1 unspecified atom stereocenters. The Balaban J connectivity index is 1.37. The molecule has 9 nitrogen and oxygen atoms in total. The number of hydrogen-bond acceptors (Lipinski definition) is 8. The Hall–Kier alpha value is -3.98. The van der Waals surface area contributed by atoms with Crippen molar-refractivity contribution in [1.82, 2.24) is 20.2 Å². The van der Waals surface area contributed by atoms with Crippen molar-refractivity contribution in [3.05, 3.63) is 72.1 Å². The molecule has 1 amide bonds. The normalized spacial score (nSPS) is 17.9. The number of likely N-dealkylation sites (N-methyl/N-ethyl adjacent to an activating group) is 1. The first-order valence-corrected chi connectivity index (χ1v) is 14.0. The summed E-state index contributed by atoms with van der Waals surface area (Å²) in [5.74, 6) is 2.80. The van der Waals surface area contributed by atoms with Crippen LogP contribution >= 0.6 is 0 Å². The van der Waals surface area contributed by atoms with E-state index in [0.717, 1.165) is 37.9 Å². The minimum absolute atomic E-state index is 0.106. The van der Waals surface area contributed by atoms with Crippen LogP contribution < -0.4 is 21.1 Å². The van der Waals surface area contributed by atoms with E-state index in [0.29, 0.717) is 28.6 Å². The Morgan fingerprint density at radius 1 is 1.00 bits per heavy atom. The van der Waals surface area contributed by atoms with Crippen LogP contribution in [-0.2, 0) is 4.79 Å². The largest absolute Gasteiger partial charge is 0.457 e. The molecule has 212 valence electrons. The number of benzene rings is 2. The fourth-order valence-corrected chi connectivity index (χ4v) is 5.09. The molecule has 3 aromatic rings. The van der Waals surface area contributed by atoms with Gasteiger partial charge in [0.1, 0.15) is 29.5 Å². The number of nitrogen functional groups attached to an aromatic ring is 1. The van der Waals surface area contributed by atoms with Crippen LogP contribution in [0.15, 0.2) is 60.9 Å². The number of ether oxygens (including phenoxy) is 1. The third kappa shape index (κ3) is 7.57. The number of para-hydroxylation sites is 1. The van der Waals surface area contributed by atoms with Crippen molar-refractivity contribution in [2.45, 2.75) is 64.1 Å². The molecule has 1 heterocycles. The summed E-state index contributed by atoms with van der Waals surface area (Å²) in [6, 6.07) is 17.1. The second-order valence-electron chi connectivity index (χ2n) is 11.1. The highest BCUT2D eigenvalue weighted by Crippen LogP contribution is 2.28. The number of rotatable bonds is 11. The zero-order chi connectivity index (χ0) is 28.6. The van der Waals surface area contributed by atoms with Gasteiger partial charge in [0.05, 0.1) is 17.3 Å². The van der Waals surface area contributed by atoms with Gasteiger partial charge in [-0.2, -0.15) is 0 Å². The van der Waals surface area contributed by atoms with Gasteiger partial charge in [-0.25, -0.2) is 9.97 Å². The molecule has 4 rings (SSSR count). The molecule has 0 spiro atoms. The molecule has 1 aromatic heterocycles. The van der Waals surface area contributed by atoms with Crippen LogP contribution in [0.5, 0.6) is 11.5 Å². The smallest absolute Gasteiger partial charge is 0.237 e. The number of nitrogens with zero attached hydrogens (tertiary/aromatic N) is 3. The number of nitrogens with one attached hydrogen (secondary N) is 3. The molecule has 40 heavy (non-hydrogen) atoms. The maximum absolute atomic E-state index is 12.9. The molecule has 2 aromatic carbocycles. The van der Waals surface area contributed by atoms with Gasteiger partial charge in [0.25, 0.3) is 0 Å². The van der Waals surface area contributed by atoms with Gasteiger partial charge in [0.15, 0.2) is 0 Å². The van der Waals surface area contributed by atoms with Crippen LogP contribution in [0, 0.1) is 11.3 Å². The number of nitrogens with two attached hydrogens (primary N) is 1. The van der Waals surface area contributed by atoms with E-state index in [-0.39, 0.29) is 35.6 Å². The summed E-state index contributed by atoms with van der Waals surface area (Å²) in [5, 5.41) is 15.7. The summed E-state index contributed by atoms with van der Waals surface area (Å²) < 4.78 is 5.88. The Bertz CT molecular complexity index is 1270. The number of aromatic nitrogens is 2. The number of amides is 1. The predicted octanol–water partition coefficient (Wildman–Crippen LogP) is 5.08. The van der Waals surface area contributed by atoms with Crippen LogP contribution in [-0.4, -0.2) is 58.7 Å². The predicted molar refractivity (Wildman–Crippen MR) is 160 cm³/mol. The lowest BCUT2D eigenvalue weighted by Crippen LogP contribution is -2.49. The lowest BCUT2D eigenvalue weighted by molar-refractivity contribution is -0.127. The van der Waals surface area contributed by atoms with Crippen molar-refractivity contribution >= 4 is 23.3 Å². The van der Waals surface area contributed by atoms with Crippen LogP contribution in [0.25, 0.3) is 0 Å². The third-order valence-electron chi connectivity index (χ3n) is 7.28. The quantitative estimate of drug-likeness (QED) is 0.248. The highest BCUT2D eigenvalue weighted by atomic mass is 16.5. The van der Waals surface area contributed by atoms with Gasteiger partial charge >= 0.3 is 0 Å². The topological polar surface area (TPSA) is 129 Å². The molecule has 1 saturated carbocycles. The zero-order valence-electron chi connectivity index (χ0n) is 23.9. The summed E-state index contributed by atoms with van der Waals surface area (Å²) >= 11 is 0. The molecule has 9 heteroatoms. The van der Waals surface area contributed by atoms with E-state index in [1.54, 1.807) is 0 Å². The Kier molecular flexibility index (Phi) is 9.71. The number of anilines is 2. The van der Waals surface area contributed by atoms with Crippen molar-refractivity contribution in [3.63, 3.8) is 0 Å². The highest BCUT2D eigenvalue weighted by Gasteiger charge is 2.28. The molecular formula is C31H41N7O2. The van der Waals surface area contributed by atoms with Crippen LogP contribution in [0.3, 0.4) is 0 Å². The minimum Gasteiger partial charge on any atom is -0.457 e. The fraction of sp³-hybridized carbons (Fsp3) is 0.419. The maximum atomic E-state index is 12.9. The van der Waals surface area contributed by atoms with E-state index in [2.05, 4.69) is 34.4 Å². The van der Waals surface area contributed by atoms with Crippen LogP contribution in [0.4, 0.5) is 11.6 Å². The van der Waals surface area contributed by atoms with Crippen molar-refractivity contribution in [2.75, 3.05) is 25.1 Å². The molecule has 5 N–H and O–H groups in total. The molecule has 1 atom stereocenters. The monoisotopic (exact) mass is 543 g/mol. The second kappa shape index (κ2) is 13.4. The Morgan fingerprint density at radius 3 is 2.25 bits per heavy atom. The van der Waals surface area contributed by atoms with Crippen LogP contribution in [0.1, 0.15) is 57.1 Å². The summed E-state index contributed by atoms with van der Waals surface area (Å²) in [4.78, 5) is 23.5. The van der Waals surface area contributed by atoms with Gasteiger partial charge in [-0.15, -0.1) is 0 Å². The standard InChI is InChI=1S/C31H41N7O2/c1-20(2)18-26(38(3)4)31(39)37-23-14-12-22(13-15-23)36-30-27(29(33)34-19-35-30)28(32)21-10-16-25(17-11-21)40-24-8-6-5-7-9-24/h5-11,16-17,19-20,22-23,26,32H,12-15,18H2,1-4H3,(H,37,39)(H3,33,34,35,36). The van der Waals surface area contributed by atoms with E-state index in [9.17, 15) is 4.79 Å². The molecule has 1 fully saturated rings. The molecule has 0 aliphatic heterocycles. The van der Waals surface area contributed by atoms with Crippen LogP contribution in [0.2, 0.25) is 0 Å². The second-order valence-corrected chi connectivity index (χ2v) is 11.1. The molecular weight excluding hydrogens is 502 g/mol. The molecule has 0 radical (unpaired) electrons. The number of carbonyl (C=O) groups excluding carboxylic acids is 1. The molecule has 1 aliphatic carbocycles. The molecule has 0 saturated heterocycles. The number of carbonyl (C=O) groups is 1. The van der Waals surface area contributed by atoms with Crippen molar-refractivity contribution < 1.29 is 9.53 Å². The summed E-state index contributed by atoms with van der Waals surface area (Å²) in [6.45, 7) is 4.29. The highest BCUT2D eigenvalue weighted by molar-refractivity contribution is 6.16. The molecule has 1 aliphatic rings. The fourth-order valence-electron chi connectivity index (χ4n) is 5.09. The lowest BCUT2D eigenvalue weighted by Gasteiger charge is -2.32. The Labute approximate surface area is 237 Å². The maximum Gasteiger partial charge on any atom is 0.237 e. The first kappa shape index (κ1) is 29.0. The summed E-state index contributed by atoms with van der Waals surface area (Å²) in [6.07, 6.45) is 5.77. The van der Waals surface area contributed by atoms with E-state index in [4.69, 9.17) is 15.9 Å². The third-order valence-corrected chi connectivity index (χ3v) is 7.28. The van der Waals surface area contributed by atoms with Crippen molar-refractivity contribution in [3.8, 4) is 11.5 Å². The first-order valence-electron chi connectivity index (χ1n) is 14.0. The SMILES string of the molecule is CC(C)CC(C(=O)NC1CCC(Nc2ncnc(N)c2C(=N)c2ccc(Oc3ccccc3)cc2)CC1)N(C)C. The van der Waals surface area contributed by atoms with Crippen molar-refractivity contribution in [1.29, 1.82) is 5.41 Å². The van der Waals surface area contributed by atoms with E-state index in [1.165, 1.54) is 6.33 Å². The van der Waals surface area contributed by atoms with Gasteiger partial charge in [-0.1, -0.05) is 32.0 Å². The Morgan fingerprint density at radius 2 is 1.62 bits per heavy atom. The summed E-state index contributed by atoms with van der Waals surface area (Å²) in [7, 11) is 3.92.